The van der Waals surface area contributed by atoms with Crippen LogP contribution in [0.1, 0.15) is 241 Å². The van der Waals surface area contributed by atoms with Crippen LogP contribution in [0.4, 0.5) is 0 Å². The van der Waals surface area contributed by atoms with E-state index in [2.05, 4.69) is 77.9 Å². The zero-order chi connectivity index (χ0) is 36.1. The third kappa shape index (κ3) is 19.3. The maximum Gasteiger partial charge on any atom is -0.0162 e. The third-order valence-electron chi connectivity index (χ3n) is 11.7. The molecule has 0 aliphatic carbocycles. The Morgan fingerprint density at radius 1 is 0.400 bits per heavy atom. The molecule has 0 saturated heterocycles. The lowest BCUT2D eigenvalue weighted by Gasteiger charge is -2.25. The molecule has 0 aliphatic heterocycles. The highest BCUT2D eigenvalue weighted by Gasteiger charge is 2.19. The molecule has 0 heteroatoms. The number of aryl methyl sites for hydroxylation is 4. The summed E-state index contributed by atoms with van der Waals surface area (Å²) in [5.74, 6) is 1.45. The minimum Gasteiger partial charge on any atom is -0.0654 e. The Labute approximate surface area is 314 Å². The molecular formula is C50H86. The first-order chi connectivity index (χ1) is 24.6. The molecule has 2 unspecified atom stereocenters. The number of unbranched alkanes of at least 4 members (excludes halogenated alkanes) is 17. The van der Waals surface area contributed by atoms with Crippen molar-refractivity contribution in [2.75, 3.05) is 0 Å². The van der Waals surface area contributed by atoms with E-state index in [1.807, 2.05) is 0 Å². The fraction of sp³-hybridized carbons (Fsp3) is 0.760. The second-order valence-corrected chi connectivity index (χ2v) is 16.3. The Bertz CT molecular complexity index is 1060. The van der Waals surface area contributed by atoms with Crippen LogP contribution in [0, 0.1) is 5.92 Å². The van der Waals surface area contributed by atoms with E-state index in [1.165, 1.54) is 193 Å². The molecule has 50 heavy (non-hydrogen) atoms. The van der Waals surface area contributed by atoms with Crippen molar-refractivity contribution in [2.24, 2.45) is 5.92 Å². The Morgan fingerprint density at radius 2 is 0.820 bits per heavy atom. The van der Waals surface area contributed by atoms with Crippen LogP contribution in [0.3, 0.4) is 0 Å². The van der Waals surface area contributed by atoms with Crippen LogP contribution in [-0.4, -0.2) is 0 Å². The molecule has 2 aromatic rings. The second kappa shape index (κ2) is 30.0. The Kier molecular flexibility index (Phi) is 26.7. The van der Waals surface area contributed by atoms with Gasteiger partial charge in [-0.2, -0.15) is 0 Å². The summed E-state index contributed by atoms with van der Waals surface area (Å²) in [5.41, 5.74) is 9.66. The van der Waals surface area contributed by atoms with Gasteiger partial charge < -0.3 is 0 Å². The maximum atomic E-state index is 2.62. The number of rotatable bonds is 33. The molecule has 0 aliphatic rings. The van der Waals surface area contributed by atoms with Crippen molar-refractivity contribution in [3.05, 3.63) is 69.8 Å². The fourth-order valence-electron chi connectivity index (χ4n) is 8.65. The number of benzene rings is 2. The van der Waals surface area contributed by atoms with Gasteiger partial charge in [-0.05, 0) is 90.2 Å². The Hall–Kier alpha value is -1.56. The van der Waals surface area contributed by atoms with Crippen LogP contribution >= 0.6 is 0 Å². The highest BCUT2D eigenvalue weighted by atomic mass is 14.2. The van der Waals surface area contributed by atoms with Gasteiger partial charge in [0.15, 0.2) is 0 Å². The number of hydrogen-bond donors (Lipinski definition) is 0. The molecule has 0 aromatic heterocycles. The van der Waals surface area contributed by atoms with Crippen LogP contribution in [0.5, 0.6) is 0 Å². The lowest BCUT2D eigenvalue weighted by atomic mass is 9.80. The van der Waals surface area contributed by atoms with E-state index in [9.17, 15) is 0 Å². The molecule has 0 bridgehead atoms. The van der Waals surface area contributed by atoms with E-state index >= 15 is 0 Å². The molecule has 0 fully saturated rings. The monoisotopic (exact) mass is 687 g/mol. The topological polar surface area (TPSA) is 0 Å². The van der Waals surface area contributed by atoms with E-state index in [-0.39, 0.29) is 0 Å². The van der Waals surface area contributed by atoms with Gasteiger partial charge in [0.1, 0.15) is 0 Å². The molecule has 2 aromatic carbocycles. The summed E-state index contributed by atoms with van der Waals surface area (Å²) < 4.78 is 0. The van der Waals surface area contributed by atoms with Gasteiger partial charge in [-0.3, -0.25) is 0 Å². The molecule has 0 spiro atoms. The molecule has 0 heterocycles. The quantitative estimate of drug-likeness (QED) is 0.0656. The van der Waals surface area contributed by atoms with Gasteiger partial charge in [0.2, 0.25) is 0 Å². The van der Waals surface area contributed by atoms with Crippen molar-refractivity contribution >= 4 is 0 Å². The molecule has 2 rings (SSSR count). The first-order valence-corrected chi connectivity index (χ1v) is 22.8. The van der Waals surface area contributed by atoms with Crippen molar-refractivity contribution in [1.29, 1.82) is 0 Å². The maximum absolute atomic E-state index is 2.62. The van der Waals surface area contributed by atoms with Crippen molar-refractivity contribution in [3.8, 4) is 0 Å². The predicted octanol–water partition coefficient (Wildman–Crippen LogP) is 16.7. The van der Waals surface area contributed by atoms with Gasteiger partial charge >= 0.3 is 0 Å². The summed E-state index contributed by atoms with van der Waals surface area (Å²) >= 11 is 0. The summed E-state index contributed by atoms with van der Waals surface area (Å²) in [6.45, 7) is 14.1. The highest BCUT2D eigenvalue weighted by molar-refractivity contribution is 5.35. The van der Waals surface area contributed by atoms with Crippen molar-refractivity contribution in [1.82, 2.24) is 0 Å². The predicted molar refractivity (Wildman–Crippen MR) is 227 cm³/mol. The average Bonchev–Trinajstić information content (AvgIpc) is 3.12. The lowest BCUT2D eigenvalue weighted by molar-refractivity contribution is 0.381. The summed E-state index contributed by atoms with van der Waals surface area (Å²) in [6, 6.07) is 15.2. The number of hydrogen-bond acceptors (Lipinski definition) is 0. The van der Waals surface area contributed by atoms with E-state index in [4.69, 9.17) is 0 Å². The largest absolute Gasteiger partial charge is 0.0654 e. The van der Waals surface area contributed by atoms with Crippen LogP contribution in [0.15, 0.2) is 36.4 Å². The normalized spacial score (nSPS) is 12.8. The highest BCUT2D eigenvalue weighted by Crippen LogP contribution is 2.34. The Balaban J connectivity index is 1.85. The van der Waals surface area contributed by atoms with Crippen LogP contribution in [0.2, 0.25) is 0 Å². The molecule has 2 atom stereocenters. The summed E-state index contributed by atoms with van der Waals surface area (Å²) in [6.07, 6.45) is 41.3. The first kappa shape index (κ1) is 44.6. The van der Waals surface area contributed by atoms with Crippen LogP contribution in [-0.2, 0) is 32.1 Å². The zero-order valence-electron chi connectivity index (χ0n) is 34.8. The van der Waals surface area contributed by atoms with Crippen molar-refractivity contribution in [3.63, 3.8) is 0 Å². The molecule has 286 valence electrons. The molecular weight excluding hydrogens is 601 g/mol. The van der Waals surface area contributed by atoms with Gasteiger partial charge in [0.25, 0.3) is 0 Å². The molecule has 0 nitrogen and oxygen atoms in total. The van der Waals surface area contributed by atoms with E-state index < -0.39 is 0 Å². The third-order valence-corrected chi connectivity index (χ3v) is 11.7. The van der Waals surface area contributed by atoms with E-state index in [0.29, 0.717) is 5.92 Å². The molecule has 0 radical (unpaired) electrons. The smallest absolute Gasteiger partial charge is 0.0162 e. The molecule has 0 saturated carbocycles. The van der Waals surface area contributed by atoms with Crippen LogP contribution < -0.4 is 0 Å². The van der Waals surface area contributed by atoms with Gasteiger partial charge in [-0.25, -0.2) is 0 Å². The van der Waals surface area contributed by atoms with E-state index in [0.717, 1.165) is 5.92 Å². The fourth-order valence-corrected chi connectivity index (χ4v) is 8.65. The lowest BCUT2D eigenvalue weighted by Crippen LogP contribution is -2.12. The van der Waals surface area contributed by atoms with Crippen molar-refractivity contribution in [2.45, 2.75) is 240 Å². The van der Waals surface area contributed by atoms with Crippen molar-refractivity contribution < 1.29 is 0 Å². The standard InChI is InChI=1S/C50H86/c1-7-13-14-15-16-17-18-19-20-21-22-23-24-25-26-27-28-29-34-43(39-44-35-36-46(30-8-2)48(41-44)32-10-4)40-45(12-6)50-38-37-47(31-9-3)49(42-50)33-11-5/h35-38,41-43,45H,7-34,39-40H2,1-6H3. The van der Waals surface area contributed by atoms with E-state index in [1.54, 1.807) is 33.4 Å². The van der Waals surface area contributed by atoms with Gasteiger partial charge in [0.05, 0.1) is 0 Å². The summed E-state index contributed by atoms with van der Waals surface area (Å²) in [5, 5.41) is 0. The molecule has 0 N–H and O–H groups in total. The Morgan fingerprint density at radius 3 is 1.28 bits per heavy atom. The summed E-state index contributed by atoms with van der Waals surface area (Å²) in [4.78, 5) is 0. The average molecular weight is 687 g/mol. The SMILES string of the molecule is CCCCCCCCCCCCCCCCCCCCC(Cc1ccc(CCC)c(CCC)c1)CC(CC)c1ccc(CCC)c(CCC)c1. The minimum atomic E-state index is 0.677. The second-order valence-electron chi connectivity index (χ2n) is 16.3. The van der Waals surface area contributed by atoms with Gasteiger partial charge in [-0.1, -0.05) is 226 Å². The summed E-state index contributed by atoms with van der Waals surface area (Å²) in [7, 11) is 0. The van der Waals surface area contributed by atoms with Gasteiger partial charge in [0, 0.05) is 0 Å². The minimum absolute atomic E-state index is 0.677. The first-order valence-electron chi connectivity index (χ1n) is 22.8. The molecule has 0 amide bonds. The van der Waals surface area contributed by atoms with Crippen LogP contribution in [0.25, 0.3) is 0 Å². The van der Waals surface area contributed by atoms with Gasteiger partial charge in [-0.15, -0.1) is 0 Å². The zero-order valence-corrected chi connectivity index (χ0v) is 34.8.